The van der Waals surface area contributed by atoms with Crippen LogP contribution >= 0.6 is 11.3 Å². The van der Waals surface area contributed by atoms with Gasteiger partial charge in [0.25, 0.3) is 5.91 Å². The predicted octanol–water partition coefficient (Wildman–Crippen LogP) is 5.08. The Labute approximate surface area is 157 Å². The Balaban J connectivity index is 1.67. The number of benzene rings is 2. The monoisotopic (exact) mass is 360 g/mol. The lowest BCUT2D eigenvalue weighted by atomic mass is 10.1. The lowest BCUT2D eigenvalue weighted by Crippen LogP contribution is -2.31. The van der Waals surface area contributed by atoms with Crippen molar-refractivity contribution < 1.29 is 4.79 Å². The van der Waals surface area contributed by atoms with Crippen LogP contribution in [0.1, 0.15) is 21.6 Å². The summed E-state index contributed by atoms with van der Waals surface area (Å²) in [5, 5.41) is 2.06. The molecule has 0 aliphatic carbocycles. The Morgan fingerprint density at radius 1 is 0.923 bits per heavy atom. The number of aryl methyl sites for hydroxylation is 1. The molecule has 2 heterocycles. The van der Waals surface area contributed by atoms with Crippen molar-refractivity contribution in [3.63, 3.8) is 0 Å². The summed E-state index contributed by atoms with van der Waals surface area (Å²) in [7, 11) is 1.96. The third kappa shape index (κ3) is 3.28. The fourth-order valence-corrected chi connectivity index (χ4v) is 4.07. The summed E-state index contributed by atoms with van der Waals surface area (Å²) < 4.78 is 3.15. The van der Waals surface area contributed by atoms with Crippen molar-refractivity contribution in [2.24, 2.45) is 7.05 Å². The lowest BCUT2D eigenvalue weighted by molar-refractivity contribution is 0.0721. The highest BCUT2D eigenvalue weighted by Gasteiger charge is 2.21. The summed E-state index contributed by atoms with van der Waals surface area (Å²) in [5.41, 5.74) is 4.11. The van der Waals surface area contributed by atoms with E-state index in [-0.39, 0.29) is 5.91 Å². The van der Waals surface area contributed by atoms with Gasteiger partial charge in [-0.1, -0.05) is 60.7 Å². The summed E-state index contributed by atoms with van der Waals surface area (Å²) >= 11 is 1.67. The van der Waals surface area contributed by atoms with Crippen molar-refractivity contribution >= 4 is 27.5 Å². The quantitative estimate of drug-likeness (QED) is 0.487. The van der Waals surface area contributed by atoms with E-state index in [0.29, 0.717) is 13.1 Å². The Morgan fingerprint density at radius 3 is 2.04 bits per heavy atom. The van der Waals surface area contributed by atoms with Crippen LogP contribution in [0.15, 0.2) is 78.2 Å². The number of thiophene rings is 1. The minimum absolute atomic E-state index is 0.0589. The van der Waals surface area contributed by atoms with E-state index < -0.39 is 0 Å². The zero-order valence-electron chi connectivity index (χ0n) is 14.6. The molecule has 0 N–H and O–H groups in total. The number of rotatable bonds is 5. The molecular formula is C22H20N2OS. The van der Waals surface area contributed by atoms with Crippen LogP contribution in [0.3, 0.4) is 0 Å². The molecule has 0 aliphatic heterocycles. The van der Waals surface area contributed by atoms with Crippen LogP contribution in [0.5, 0.6) is 0 Å². The van der Waals surface area contributed by atoms with E-state index in [1.165, 1.54) is 0 Å². The molecule has 0 saturated carbocycles. The Hall–Kier alpha value is -2.85. The third-order valence-electron chi connectivity index (χ3n) is 4.60. The maximum Gasteiger partial charge on any atom is 0.271 e. The van der Waals surface area contributed by atoms with E-state index in [4.69, 9.17) is 0 Å². The summed E-state index contributed by atoms with van der Waals surface area (Å²) in [6.07, 6.45) is 0. The van der Waals surface area contributed by atoms with Crippen molar-refractivity contribution in [2.75, 3.05) is 0 Å². The average molecular weight is 360 g/mol. The molecule has 0 bridgehead atoms. The number of carbonyl (C=O) groups excluding carboxylic acids is 1. The molecule has 1 amide bonds. The third-order valence-corrected chi connectivity index (χ3v) is 5.46. The fourth-order valence-electron chi connectivity index (χ4n) is 3.22. The molecule has 0 radical (unpaired) electrons. The number of fused-ring (bicyclic) bond motifs is 1. The molecule has 0 atom stereocenters. The van der Waals surface area contributed by atoms with E-state index in [9.17, 15) is 4.79 Å². The first kappa shape index (κ1) is 16.6. The number of amides is 1. The van der Waals surface area contributed by atoms with Crippen LogP contribution in [0.25, 0.3) is 10.2 Å². The second-order valence-electron chi connectivity index (χ2n) is 6.39. The molecule has 0 spiro atoms. The van der Waals surface area contributed by atoms with Crippen molar-refractivity contribution in [1.29, 1.82) is 0 Å². The average Bonchev–Trinajstić information content (AvgIpc) is 3.25. The molecule has 0 unspecified atom stereocenters. The smallest absolute Gasteiger partial charge is 0.271 e. The maximum atomic E-state index is 13.4. The van der Waals surface area contributed by atoms with Gasteiger partial charge in [-0.05, 0) is 28.6 Å². The number of nitrogens with zero attached hydrogens (tertiary/aromatic N) is 2. The Kier molecular flexibility index (Phi) is 4.59. The van der Waals surface area contributed by atoms with Gasteiger partial charge < -0.3 is 9.47 Å². The fraction of sp³-hybridized carbons (Fsp3) is 0.136. The molecule has 3 nitrogen and oxygen atoms in total. The van der Waals surface area contributed by atoms with Crippen LogP contribution in [-0.4, -0.2) is 15.4 Å². The van der Waals surface area contributed by atoms with Gasteiger partial charge in [-0.25, -0.2) is 0 Å². The zero-order chi connectivity index (χ0) is 17.9. The van der Waals surface area contributed by atoms with Gasteiger partial charge in [0, 0.05) is 20.1 Å². The maximum absolute atomic E-state index is 13.4. The predicted molar refractivity (Wildman–Crippen MR) is 107 cm³/mol. The summed E-state index contributed by atoms with van der Waals surface area (Å²) in [4.78, 5) is 15.3. The Bertz CT molecular complexity index is 977. The van der Waals surface area contributed by atoms with Crippen LogP contribution in [0.4, 0.5) is 0 Å². The van der Waals surface area contributed by atoms with Crippen LogP contribution in [-0.2, 0) is 20.1 Å². The first-order chi connectivity index (χ1) is 12.7. The molecule has 2 aromatic heterocycles. The van der Waals surface area contributed by atoms with Gasteiger partial charge >= 0.3 is 0 Å². The molecule has 4 heteroatoms. The van der Waals surface area contributed by atoms with Gasteiger partial charge in [-0.15, -0.1) is 11.3 Å². The largest absolute Gasteiger partial charge is 0.339 e. The number of carbonyl (C=O) groups is 1. The van der Waals surface area contributed by atoms with E-state index in [1.807, 2.05) is 59.0 Å². The summed E-state index contributed by atoms with van der Waals surface area (Å²) in [6.45, 7) is 1.18. The molecule has 2 aromatic carbocycles. The molecule has 0 saturated heterocycles. The van der Waals surface area contributed by atoms with E-state index in [1.54, 1.807) is 11.3 Å². The standard InChI is InChI=1S/C22H20N2OS/c1-23-19-12-13-26-21(19)14-20(23)22(25)24(15-17-8-4-2-5-9-17)16-18-10-6-3-7-11-18/h2-14H,15-16H2,1H3. The lowest BCUT2D eigenvalue weighted by Gasteiger charge is -2.23. The van der Waals surface area contributed by atoms with Crippen molar-refractivity contribution in [1.82, 2.24) is 9.47 Å². The van der Waals surface area contributed by atoms with Crippen LogP contribution in [0, 0.1) is 0 Å². The summed E-state index contributed by atoms with van der Waals surface area (Å²) in [6, 6.07) is 24.4. The van der Waals surface area contributed by atoms with Crippen molar-refractivity contribution in [2.45, 2.75) is 13.1 Å². The van der Waals surface area contributed by atoms with Crippen molar-refractivity contribution in [3.8, 4) is 0 Å². The Morgan fingerprint density at radius 2 is 1.50 bits per heavy atom. The van der Waals surface area contributed by atoms with E-state index in [0.717, 1.165) is 27.0 Å². The number of hydrogen-bond donors (Lipinski definition) is 0. The molecular weight excluding hydrogens is 340 g/mol. The van der Waals surface area contributed by atoms with E-state index >= 15 is 0 Å². The minimum Gasteiger partial charge on any atom is -0.339 e. The van der Waals surface area contributed by atoms with Crippen molar-refractivity contribution in [3.05, 3.63) is 95.0 Å². The second-order valence-corrected chi connectivity index (χ2v) is 7.34. The van der Waals surface area contributed by atoms with Gasteiger partial charge in [0.2, 0.25) is 0 Å². The SMILES string of the molecule is Cn1c(C(=O)N(Cc2ccccc2)Cc2ccccc2)cc2sccc21. The van der Waals surface area contributed by atoms with Gasteiger partial charge in [0.05, 0.1) is 10.2 Å². The molecule has 0 aliphatic rings. The van der Waals surface area contributed by atoms with E-state index in [2.05, 4.69) is 35.7 Å². The van der Waals surface area contributed by atoms with Gasteiger partial charge in [-0.3, -0.25) is 4.79 Å². The topological polar surface area (TPSA) is 25.2 Å². The molecule has 130 valence electrons. The van der Waals surface area contributed by atoms with Gasteiger partial charge in [0.1, 0.15) is 5.69 Å². The first-order valence-corrected chi connectivity index (χ1v) is 9.50. The minimum atomic E-state index is 0.0589. The van der Waals surface area contributed by atoms with Gasteiger partial charge in [0.15, 0.2) is 0 Å². The normalized spacial score (nSPS) is 11.0. The highest BCUT2D eigenvalue weighted by Crippen LogP contribution is 2.25. The molecule has 26 heavy (non-hydrogen) atoms. The van der Waals surface area contributed by atoms with Gasteiger partial charge in [-0.2, -0.15) is 0 Å². The highest BCUT2D eigenvalue weighted by atomic mass is 32.1. The second kappa shape index (κ2) is 7.18. The number of aromatic nitrogens is 1. The summed E-state index contributed by atoms with van der Waals surface area (Å²) in [5.74, 6) is 0.0589. The molecule has 4 aromatic rings. The zero-order valence-corrected chi connectivity index (χ0v) is 15.4. The molecule has 0 fully saturated rings. The number of hydrogen-bond acceptors (Lipinski definition) is 2. The van der Waals surface area contributed by atoms with Crippen LogP contribution in [0.2, 0.25) is 0 Å². The highest BCUT2D eigenvalue weighted by molar-refractivity contribution is 7.17. The van der Waals surface area contributed by atoms with Crippen LogP contribution < -0.4 is 0 Å². The molecule has 4 rings (SSSR count). The first-order valence-electron chi connectivity index (χ1n) is 8.62.